The molecule has 1 rings (SSSR count). The van der Waals surface area contributed by atoms with Crippen LogP contribution in [0.4, 0.5) is 0 Å². The zero-order valence-electron chi connectivity index (χ0n) is 10.6. The van der Waals surface area contributed by atoms with Gasteiger partial charge in [0.1, 0.15) is 0 Å². The van der Waals surface area contributed by atoms with Gasteiger partial charge in [-0.25, -0.2) is 0 Å². The summed E-state index contributed by atoms with van der Waals surface area (Å²) >= 11 is 28.8. The van der Waals surface area contributed by atoms with Gasteiger partial charge in [0, 0.05) is 17.1 Å². The van der Waals surface area contributed by atoms with Crippen molar-refractivity contribution in [1.82, 2.24) is 0 Å². The van der Waals surface area contributed by atoms with Gasteiger partial charge >= 0.3 is 0 Å². The normalized spacial score (nSPS) is 17.4. The molecule has 0 aliphatic carbocycles. The second-order valence-electron chi connectivity index (χ2n) is 3.93. The number of alkyl halides is 4. The summed E-state index contributed by atoms with van der Waals surface area (Å²) in [6.45, 7) is -2.20. The highest BCUT2D eigenvalue weighted by molar-refractivity contribution is 8.13. The van der Waals surface area contributed by atoms with Crippen LogP contribution in [0.15, 0.2) is 30.3 Å². The number of hydrogen-bond donors (Lipinski definition) is 0. The van der Waals surface area contributed by atoms with Crippen molar-refractivity contribution in [2.75, 3.05) is 25.0 Å². The van der Waals surface area contributed by atoms with Gasteiger partial charge in [-0.15, -0.1) is 46.4 Å². The van der Waals surface area contributed by atoms with Crippen molar-refractivity contribution in [3.63, 3.8) is 0 Å². The van der Waals surface area contributed by atoms with E-state index in [1.165, 1.54) is 0 Å². The Hall–Kier alpha value is 0.950. The summed E-state index contributed by atoms with van der Waals surface area (Å²) in [5, 5.41) is 0.184. The van der Waals surface area contributed by atoms with Gasteiger partial charge in [-0.1, -0.05) is 18.2 Å². The molecule has 1 aromatic carbocycles. The Bertz CT molecular complexity index is 417. The van der Waals surface area contributed by atoms with E-state index < -0.39 is 6.49 Å². The fraction of sp³-hybridized carbons (Fsp3) is 0.500. The van der Waals surface area contributed by atoms with Gasteiger partial charge in [-0.2, -0.15) is 0 Å². The molecule has 8 heteroatoms. The first-order valence-corrected chi connectivity index (χ1v) is 10.4. The average molecular weight is 396 g/mol. The number of halogens is 4. The highest BCUT2D eigenvalue weighted by Gasteiger charge is 2.24. The number of rotatable bonds is 9. The van der Waals surface area contributed by atoms with Gasteiger partial charge in [0.2, 0.25) is 6.49 Å². The maximum Gasteiger partial charge on any atom is 0.219 e. The Morgan fingerprint density at radius 3 is 1.80 bits per heavy atom. The lowest BCUT2D eigenvalue weighted by Gasteiger charge is -2.24. The van der Waals surface area contributed by atoms with E-state index in [1.54, 1.807) is 0 Å². The smallest absolute Gasteiger partial charge is 0.219 e. The van der Waals surface area contributed by atoms with Crippen molar-refractivity contribution in [2.24, 2.45) is 0 Å². The molecule has 2 atom stereocenters. The molecule has 0 saturated heterocycles. The predicted octanol–water partition coefficient (Wildman–Crippen LogP) is 4.35. The Labute approximate surface area is 144 Å². The van der Waals surface area contributed by atoms with Crippen LogP contribution in [0.25, 0.3) is 0 Å². The zero-order valence-corrected chi connectivity index (χ0v) is 15.3. The van der Waals surface area contributed by atoms with Gasteiger partial charge in [-0.3, -0.25) is 0 Å². The third-order valence-electron chi connectivity index (χ3n) is 2.26. The van der Waals surface area contributed by atoms with E-state index in [9.17, 15) is 0 Å². The molecule has 20 heavy (non-hydrogen) atoms. The van der Waals surface area contributed by atoms with Gasteiger partial charge in [0.15, 0.2) is 0 Å². The van der Waals surface area contributed by atoms with E-state index >= 15 is 0 Å². The third-order valence-corrected chi connectivity index (χ3v) is 7.05. The molecule has 0 N–H and O–H groups in total. The molecule has 0 amide bonds. The maximum atomic E-state index is 5.96. The molecule has 0 saturated carbocycles. The van der Waals surface area contributed by atoms with Gasteiger partial charge in [0.25, 0.3) is 0 Å². The molecular weight excluding hydrogens is 381 g/mol. The highest BCUT2D eigenvalue weighted by atomic mass is 35.5. The summed E-state index contributed by atoms with van der Waals surface area (Å²) in [5.74, 6) is 0.566. The quantitative estimate of drug-likeness (QED) is 0.457. The molecule has 2 unspecified atom stereocenters. The molecule has 0 aromatic heterocycles. The molecule has 0 bridgehead atoms. The lowest BCUT2D eigenvalue weighted by molar-refractivity contribution is 0.258. The van der Waals surface area contributed by atoms with Crippen LogP contribution in [-0.2, 0) is 20.9 Å². The van der Waals surface area contributed by atoms with Gasteiger partial charge in [-0.05, 0) is 23.9 Å². The van der Waals surface area contributed by atoms with Crippen LogP contribution in [0.3, 0.4) is 0 Å². The van der Waals surface area contributed by atoms with Crippen LogP contribution in [0, 0.1) is 0 Å². The molecule has 0 radical (unpaired) electrons. The van der Waals surface area contributed by atoms with Crippen molar-refractivity contribution in [3.05, 3.63) is 30.3 Å². The minimum atomic E-state index is -2.66. The van der Waals surface area contributed by atoms with Crippen LogP contribution in [-0.4, -0.2) is 35.7 Å². The summed E-state index contributed by atoms with van der Waals surface area (Å²) in [6, 6.07) is 9.39. The van der Waals surface area contributed by atoms with Crippen molar-refractivity contribution < 1.29 is 9.05 Å². The molecule has 0 fully saturated rings. The van der Waals surface area contributed by atoms with Crippen LogP contribution in [0.5, 0.6) is 0 Å². The summed E-state index contributed by atoms with van der Waals surface area (Å²) in [7, 11) is 0. The van der Waals surface area contributed by atoms with Crippen molar-refractivity contribution >= 4 is 70.0 Å². The molecule has 0 spiro atoms. The second-order valence-corrected chi connectivity index (χ2v) is 9.25. The van der Waals surface area contributed by atoms with E-state index in [1.807, 2.05) is 30.3 Å². The third kappa shape index (κ3) is 6.37. The highest BCUT2D eigenvalue weighted by Crippen LogP contribution is 2.48. The van der Waals surface area contributed by atoms with Crippen molar-refractivity contribution in [2.45, 2.75) is 10.8 Å². The monoisotopic (exact) mass is 394 g/mol. The standard InChI is InChI=1S/C12H15Cl4O2PS/c13-6-10(15)8-17-19(20,18-9-11(16)7-14)12-4-2-1-3-5-12/h1-5,10-11H,6-9H2. The maximum absolute atomic E-state index is 5.96. The second kappa shape index (κ2) is 9.86. The Morgan fingerprint density at radius 2 is 1.40 bits per heavy atom. The van der Waals surface area contributed by atoms with Crippen LogP contribution in [0.1, 0.15) is 0 Å². The van der Waals surface area contributed by atoms with E-state index in [0.29, 0.717) is 0 Å². The number of hydrogen-bond acceptors (Lipinski definition) is 3. The van der Waals surface area contributed by atoms with E-state index in [0.717, 1.165) is 5.30 Å². The minimum absolute atomic E-state index is 0.227. The fourth-order valence-electron chi connectivity index (χ4n) is 1.24. The Balaban J connectivity index is 2.80. The first kappa shape index (κ1) is 19.0. The van der Waals surface area contributed by atoms with Crippen LogP contribution in [0.2, 0.25) is 0 Å². The number of benzene rings is 1. The SMILES string of the molecule is S=P(OCC(Cl)CCl)(OCC(Cl)CCl)c1ccccc1. The first-order chi connectivity index (χ1) is 9.51. The van der Waals surface area contributed by atoms with Gasteiger partial charge in [0.05, 0.1) is 24.0 Å². The lowest BCUT2D eigenvalue weighted by Crippen LogP contribution is -2.19. The summed E-state index contributed by atoms with van der Waals surface area (Å²) < 4.78 is 11.5. The Morgan fingerprint density at radius 1 is 0.950 bits per heavy atom. The average Bonchev–Trinajstić information content (AvgIpc) is 2.51. The van der Waals surface area contributed by atoms with Gasteiger partial charge < -0.3 is 9.05 Å². The summed E-state index contributed by atoms with van der Waals surface area (Å²) in [4.78, 5) is 0. The van der Waals surface area contributed by atoms with Crippen molar-refractivity contribution in [1.29, 1.82) is 0 Å². The topological polar surface area (TPSA) is 18.5 Å². The molecule has 114 valence electrons. The fourth-order valence-corrected chi connectivity index (χ4v) is 4.12. The van der Waals surface area contributed by atoms with Crippen LogP contribution >= 0.6 is 52.9 Å². The van der Waals surface area contributed by atoms with Crippen LogP contribution < -0.4 is 5.30 Å². The Kier molecular flexibility index (Phi) is 9.37. The summed E-state index contributed by atoms with van der Waals surface area (Å²) in [6.07, 6.45) is 0. The minimum Gasteiger partial charge on any atom is -0.324 e. The first-order valence-electron chi connectivity index (χ1n) is 5.86. The molecule has 1 aromatic rings. The van der Waals surface area contributed by atoms with Crippen molar-refractivity contribution in [3.8, 4) is 0 Å². The van der Waals surface area contributed by atoms with E-state index in [4.69, 9.17) is 67.3 Å². The molecule has 2 nitrogen and oxygen atoms in total. The summed E-state index contributed by atoms with van der Waals surface area (Å²) in [5.41, 5.74) is 0. The molecule has 0 heterocycles. The largest absolute Gasteiger partial charge is 0.324 e. The molecule has 0 aliphatic rings. The zero-order chi connectivity index (χ0) is 15.0. The predicted molar refractivity (Wildman–Crippen MR) is 93.0 cm³/mol. The molecular formula is C12H15Cl4O2PS. The molecule has 0 aliphatic heterocycles. The lowest BCUT2D eigenvalue weighted by atomic mass is 10.4. The van der Waals surface area contributed by atoms with E-state index in [-0.39, 0.29) is 35.7 Å². The van der Waals surface area contributed by atoms with E-state index in [2.05, 4.69) is 0 Å².